The Kier molecular flexibility index (Phi) is 5.94. The number of hydrogen-bond donors (Lipinski definition) is 0. The topological polar surface area (TPSA) is 93.4 Å². The summed E-state index contributed by atoms with van der Waals surface area (Å²) in [6, 6.07) is 18.5. The van der Waals surface area contributed by atoms with Gasteiger partial charge in [-0.1, -0.05) is 44.2 Å². The maximum atomic E-state index is 5.68. The van der Waals surface area contributed by atoms with E-state index in [1.54, 1.807) is 7.11 Å². The minimum atomic E-state index is 0.217. The van der Waals surface area contributed by atoms with E-state index in [0.29, 0.717) is 11.8 Å². The van der Waals surface area contributed by atoms with E-state index in [-0.39, 0.29) is 5.92 Å². The number of hydrogen-bond acceptors (Lipinski definition) is 6. The first-order valence-corrected chi connectivity index (χ1v) is 15.0. The molecule has 8 rings (SSSR count). The summed E-state index contributed by atoms with van der Waals surface area (Å²) in [5.41, 5.74) is 8.74. The predicted octanol–water partition coefficient (Wildman–Crippen LogP) is 6.57. The third-order valence-electron chi connectivity index (χ3n) is 8.46. The first kappa shape index (κ1) is 26.4. The van der Waals surface area contributed by atoms with Crippen LogP contribution in [-0.2, 0) is 14.1 Å². The molecular weight excluding hydrogens is 550 g/mol. The van der Waals surface area contributed by atoms with Crippen LogP contribution in [0.2, 0.25) is 0 Å². The first-order chi connectivity index (χ1) is 21.4. The minimum Gasteiger partial charge on any atom is -0.478 e. The summed E-state index contributed by atoms with van der Waals surface area (Å²) in [6.07, 6.45) is 8.35. The van der Waals surface area contributed by atoms with Crippen molar-refractivity contribution in [2.45, 2.75) is 38.5 Å². The highest BCUT2D eigenvalue weighted by Gasteiger charge is 2.33. The van der Waals surface area contributed by atoms with Crippen LogP contribution in [0.1, 0.15) is 49.9 Å². The second-order valence-corrected chi connectivity index (χ2v) is 11.9. The van der Waals surface area contributed by atoms with Crippen molar-refractivity contribution < 1.29 is 4.74 Å². The van der Waals surface area contributed by atoms with Crippen LogP contribution in [0.5, 0.6) is 5.88 Å². The smallest absolute Gasteiger partial charge is 0.259 e. The number of imidazole rings is 1. The fourth-order valence-electron chi connectivity index (χ4n) is 6.22. The Hall–Kier alpha value is -5.25. The van der Waals surface area contributed by atoms with Gasteiger partial charge in [0.15, 0.2) is 5.65 Å². The van der Waals surface area contributed by atoms with Gasteiger partial charge < -0.3 is 9.30 Å². The minimum absolute atomic E-state index is 0.217. The van der Waals surface area contributed by atoms with Crippen LogP contribution in [0.15, 0.2) is 73.2 Å². The van der Waals surface area contributed by atoms with Crippen LogP contribution in [-0.4, -0.2) is 51.0 Å². The van der Waals surface area contributed by atoms with Gasteiger partial charge in [-0.2, -0.15) is 10.2 Å². The second kappa shape index (κ2) is 9.90. The van der Waals surface area contributed by atoms with Crippen LogP contribution < -0.4 is 4.74 Å². The molecule has 0 saturated heterocycles. The molecule has 1 saturated carbocycles. The highest BCUT2D eigenvalue weighted by Crippen LogP contribution is 2.47. The summed E-state index contributed by atoms with van der Waals surface area (Å²) in [6.45, 7) is 4.35. The van der Waals surface area contributed by atoms with Crippen LogP contribution in [0.25, 0.3) is 56.0 Å². The lowest BCUT2D eigenvalue weighted by molar-refractivity contribution is 0.392. The number of benzene rings is 2. The van der Waals surface area contributed by atoms with Gasteiger partial charge in [0.25, 0.3) is 5.88 Å². The number of para-hydroxylation sites is 1. The number of fused-ring (bicyclic) bond motifs is 2. The molecular formula is C34H33N9O. The van der Waals surface area contributed by atoms with Crippen molar-refractivity contribution in [2.24, 2.45) is 14.1 Å². The van der Waals surface area contributed by atoms with Gasteiger partial charge in [-0.25, -0.2) is 19.3 Å². The van der Waals surface area contributed by atoms with Crippen LogP contribution in [0.4, 0.5) is 0 Å². The van der Waals surface area contributed by atoms with Gasteiger partial charge in [0.1, 0.15) is 11.5 Å². The second-order valence-electron chi connectivity index (χ2n) is 11.9. The lowest BCUT2D eigenvalue weighted by Crippen LogP contribution is -2.03. The predicted molar refractivity (Wildman–Crippen MR) is 171 cm³/mol. The van der Waals surface area contributed by atoms with Gasteiger partial charge in [0, 0.05) is 60.0 Å². The summed E-state index contributed by atoms with van der Waals surface area (Å²) in [7, 11) is 5.71. The quantitative estimate of drug-likeness (QED) is 0.211. The summed E-state index contributed by atoms with van der Waals surface area (Å²) < 4.78 is 13.5. The number of rotatable bonds is 7. The largest absolute Gasteiger partial charge is 0.478 e. The van der Waals surface area contributed by atoms with Crippen molar-refractivity contribution in [1.29, 1.82) is 0 Å². The molecule has 0 bridgehead atoms. The van der Waals surface area contributed by atoms with Crippen LogP contribution >= 0.6 is 0 Å². The van der Waals surface area contributed by atoms with Gasteiger partial charge in [-0.15, -0.1) is 5.10 Å². The van der Waals surface area contributed by atoms with Crippen molar-refractivity contribution in [3.63, 3.8) is 0 Å². The maximum Gasteiger partial charge on any atom is 0.259 e. The van der Waals surface area contributed by atoms with Crippen molar-refractivity contribution in [3.8, 4) is 39.9 Å². The molecule has 44 heavy (non-hydrogen) atoms. The number of methoxy groups -OCH3 is 1. The summed E-state index contributed by atoms with van der Waals surface area (Å²) in [4.78, 5) is 10.4. The van der Waals surface area contributed by atoms with Crippen molar-refractivity contribution in [2.75, 3.05) is 7.11 Å². The molecule has 5 heterocycles. The average molecular weight is 584 g/mol. The lowest BCUT2D eigenvalue weighted by Gasteiger charge is -2.12. The Balaban J connectivity index is 1.29. The molecule has 0 N–H and O–H groups in total. The molecule has 1 aliphatic carbocycles. The van der Waals surface area contributed by atoms with E-state index in [0.717, 1.165) is 74.5 Å². The Morgan fingerprint density at radius 1 is 0.841 bits per heavy atom. The Morgan fingerprint density at radius 2 is 1.66 bits per heavy atom. The third kappa shape index (κ3) is 4.20. The standard InChI is InChI=1S/C34H33N9O/c1-20(2)29-25(16-22-17-40(3)38-32(22)35-29)33-36-30(31(41(33)4)21-14-15-21)24-12-9-13-27-26(24)18-43(37-27)28-19-42(39-34(28)44-5)23-10-7-6-8-11-23/h6-13,16-21H,14-15H2,1-5H3. The third-order valence-corrected chi connectivity index (χ3v) is 8.46. The molecule has 5 aromatic heterocycles. The zero-order valence-corrected chi connectivity index (χ0v) is 25.4. The molecule has 10 heteroatoms. The fraction of sp³-hybridized carbons (Fsp3) is 0.265. The van der Waals surface area contributed by atoms with Gasteiger partial charge >= 0.3 is 0 Å². The van der Waals surface area contributed by atoms with Gasteiger partial charge in [-0.3, -0.25) is 4.68 Å². The van der Waals surface area contributed by atoms with E-state index in [2.05, 4.69) is 60.1 Å². The Bertz CT molecular complexity index is 2180. The first-order valence-electron chi connectivity index (χ1n) is 15.0. The zero-order chi connectivity index (χ0) is 30.1. The van der Waals surface area contributed by atoms with Crippen molar-refractivity contribution in [1.82, 2.24) is 43.9 Å². The molecule has 1 fully saturated rings. The summed E-state index contributed by atoms with van der Waals surface area (Å²) in [5, 5.41) is 16.2. The number of nitrogens with zero attached hydrogens (tertiary/aromatic N) is 9. The molecule has 7 aromatic rings. The molecule has 2 aromatic carbocycles. The number of aryl methyl sites for hydroxylation is 1. The summed E-state index contributed by atoms with van der Waals surface area (Å²) in [5.74, 6) is 2.12. The van der Waals surface area contributed by atoms with Crippen molar-refractivity contribution >= 4 is 21.9 Å². The van der Waals surface area contributed by atoms with E-state index >= 15 is 0 Å². The molecule has 0 unspecified atom stereocenters. The molecule has 0 spiro atoms. The molecule has 0 amide bonds. The SMILES string of the molecule is COc1nn(-c2ccccc2)cc1-n1cc2c(-c3nc(-c4cc5cn(C)nc5nc4C(C)C)n(C)c3C3CC3)cccc2n1. The molecule has 0 radical (unpaired) electrons. The van der Waals surface area contributed by atoms with Crippen LogP contribution in [0.3, 0.4) is 0 Å². The normalized spacial score (nSPS) is 13.5. The van der Waals surface area contributed by atoms with Gasteiger partial charge in [0.05, 0.1) is 35.9 Å². The number of pyridine rings is 1. The molecule has 220 valence electrons. The fourth-order valence-corrected chi connectivity index (χ4v) is 6.22. The van der Waals surface area contributed by atoms with Gasteiger partial charge in [-0.05, 0) is 43.0 Å². The number of ether oxygens (including phenoxy) is 1. The monoisotopic (exact) mass is 583 g/mol. The molecule has 10 nitrogen and oxygen atoms in total. The summed E-state index contributed by atoms with van der Waals surface area (Å²) >= 11 is 0. The van der Waals surface area contributed by atoms with E-state index in [1.807, 2.05) is 69.9 Å². The van der Waals surface area contributed by atoms with Gasteiger partial charge in [0.2, 0.25) is 0 Å². The van der Waals surface area contributed by atoms with Crippen LogP contribution in [0, 0.1) is 0 Å². The van der Waals surface area contributed by atoms with Crippen molar-refractivity contribution in [3.05, 3.63) is 84.6 Å². The maximum absolute atomic E-state index is 5.68. The average Bonchev–Trinajstić information content (AvgIpc) is 3.33. The molecule has 1 aliphatic rings. The lowest BCUT2D eigenvalue weighted by atomic mass is 10.0. The Morgan fingerprint density at radius 3 is 2.41 bits per heavy atom. The molecule has 0 aliphatic heterocycles. The Labute approximate surface area is 254 Å². The van der Waals surface area contributed by atoms with E-state index in [1.165, 1.54) is 5.69 Å². The highest BCUT2D eigenvalue weighted by molar-refractivity contribution is 5.95. The zero-order valence-electron chi connectivity index (χ0n) is 25.4. The highest BCUT2D eigenvalue weighted by atomic mass is 16.5. The van der Waals surface area contributed by atoms with E-state index in [4.69, 9.17) is 19.8 Å². The molecule has 0 atom stereocenters. The number of aromatic nitrogens is 9. The van der Waals surface area contributed by atoms with E-state index in [9.17, 15) is 0 Å². The van der Waals surface area contributed by atoms with E-state index < -0.39 is 0 Å².